The zero-order chi connectivity index (χ0) is 13.7. The Labute approximate surface area is 116 Å². The number of nitrogens with two attached hydrogens (primary N) is 1. The van der Waals surface area contributed by atoms with E-state index in [0.717, 1.165) is 19.3 Å². The van der Waals surface area contributed by atoms with E-state index in [4.69, 9.17) is 10.5 Å². The lowest BCUT2D eigenvalue weighted by Gasteiger charge is -2.42. The molecular formula is C16H26N2O. The highest BCUT2D eigenvalue weighted by Gasteiger charge is 2.36. The summed E-state index contributed by atoms with van der Waals surface area (Å²) in [5.74, 6) is 0. The van der Waals surface area contributed by atoms with Crippen LogP contribution in [-0.2, 0) is 4.74 Å². The second kappa shape index (κ2) is 6.51. The molecule has 0 aromatic heterocycles. The maximum atomic E-state index is 6.06. The van der Waals surface area contributed by atoms with Crippen molar-refractivity contribution in [3.8, 4) is 0 Å². The Bertz CT molecular complexity index is 382. The first kappa shape index (κ1) is 14.5. The van der Waals surface area contributed by atoms with Gasteiger partial charge < -0.3 is 15.8 Å². The summed E-state index contributed by atoms with van der Waals surface area (Å²) in [6, 6.07) is 10.9. The van der Waals surface area contributed by atoms with Gasteiger partial charge in [-0.3, -0.25) is 0 Å². The van der Waals surface area contributed by atoms with Gasteiger partial charge in [0.2, 0.25) is 0 Å². The van der Waals surface area contributed by atoms with Gasteiger partial charge in [0.1, 0.15) is 0 Å². The van der Waals surface area contributed by atoms with E-state index in [2.05, 4.69) is 42.6 Å². The summed E-state index contributed by atoms with van der Waals surface area (Å²) in [6.07, 6.45) is 4.83. The molecule has 19 heavy (non-hydrogen) atoms. The first-order valence-corrected chi connectivity index (χ1v) is 7.24. The lowest BCUT2D eigenvalue weighted by Crippen LogP contribution is -2.55. The van der Waals surface area contributed by atoms with Gasteiger partial charge in [-0.1, -0.05) is 30.3 Å². The predicted molar refractivity (Wildman–Crippen MR) is 79.0 cm³/mol. The summed E-state index contributed by atoms with van der Waals surface area (Å²) in [4.78, 5) is 0. The van der Waals surface area contributed by atoms with E-state index in [1.54, 1.807) is 7.11 Å². The Kier molecular flexibility index (Phi) is 4.97. The van der Waals surface area contributed by atoms with Crippen LogP contribution < -0.4 is 11.1 Å². The molecule has 1 fully saturated rings. The number of rotatable bonds is 5. The number of ether oxygens (including phenoxy) is 1. The molecule has 1 saturated carbocycles. The summed E-state index contributed by atoms with van der Waals surface area (Å²) in [5.41, 5.74) is 7.40. The van der Waals surface area contributed by atoms with Crippen molar-refractivity contribution in [2.75, 3.05) is 13.7 Å². The van der Waals surface area contributed by atoms with Gasteiger partial charge in [-0.15, -0.1) is 0 Å². The fourth-order valence-electron chi connectivity index (χ4n) is 3.17. The number of methoxy groups -OCH3 is 1. The maximum Gasteiger partial charge on any atom is 0.0589 e. The zero-order valence-electron chi connectivity index (χ0n) is 12.1. The van der Waals surface area contributed by atoms with Crippen molar-refractivity contribution in [1.82, 2.24) is 5.32 Å². The highest BCUT2D eigenvalue weighted by molar-refractivity contribution is 5.19. The third kappa shape index (κ3) is 3.56. The van der Waals surface area contributed by atoms with Crippen molar-refractivity contribution in [2.24, 2.45) is 5.73 Å². The lowest BCUT2D eigenvalue weighted by atomic mass is 9.79. The molecule has 1 aliphatic carbocycles. The monoisotopic (exact) mass is 262 g/mol. The molecule has 0 aliphatic heterocycles. The molecule has 0 bridgehead atoms. The van der Waals surface area contributed by atoms with Gasteiger partial charge in [0.15, 0.2) is 0 Å². The molecule has 3 N–H and O–H groups in total. The van der Waals surface area contributed by atoms with Gasteiger partial charge in [0, 0.05) is 25.2 Å². The highest BCUT2D eigenvalue weighted by atomic mass is 16.5. The molecular weight excluding hydrogens is 236 g/mol. The average Bonchev–Trinajstić information content (AvgIpc) is 2.48. The topological polar surface area (TPSA) is 47.3 Å². The van der Waals surface area contributed by atoms with Crippen LogP contribution in [0.4, 0.5) is 0 Å². The Balaban J connectivity index is 2.05. The van der Waals surface area contributed by atoms with Crippen molar-refractivity contribution in [3.05, 3.63) is 35.9 Å². The lowest BCUT2D eigenvalue weighted by molar-refractivity contribution is 0.0298. The van der Waals surface area contributed by atoms with Crippen molar-refractivity contribution in [1.29, 1.82) is 0 Å². The first-order chi connectivity index (χ1) is 9.19. The van der Waals surface area contributed by atoms with Crippen LogP contribution in [0.15, 0.2) is 30.3 Å². The molecule has 1 aromatic rings. The van der Waals surface area contributed by atoms with E-state index in [-0.39, 0.29) is 5.54 Å². The standard InChI is InChI=1S/C16H26N2O/c1-13(14-7-4-3-5-8-14)18-16(12-17)10-6-9-15(11-16)19-2/h3-5,7-8,13,15,18H,6,9-12,17H2,1-2H3. The van der Waals surface area contributed by atoms with Gasteiger partial charge >= 0.3 is 0 Å². The SMILES string of the molecule is COC1CCCC(CN)(NC(C)c2ccccc2)C1. The van der Waals surface area contributed by atoms with E-state index < -0.39 is 0 Å². The molecule has 0 saturated heterocycles. The number of benzene rings is 1. The van der Waals surface area contributed by atoms with Crippen LogP contribution in [0.1, 0.15) is 44.2 Å². The average molecular weight is 262 g/mol. The van der Waals surface area contributed by atoms with Crippen molar-refractivity contribution in [2.45, 2.75) is 50.3 Å². The number of nitrogens with one attached hydrogen (secondary N) is 1. The van der Waals surface area contributed by atoms with E-state index in [9.17, 15) is 0 Å². The normalized spacial score (nSPS) is 29.1. The Morgan fingerprint density at radius 2 is 2.16 bits per heavy atom. The summed E-state index contributed by atoms with van der Waals surface area (Å²) >= 11 is 0. The molecule has 3 atom stereocenters. The Morgan fingerprint density at radius 3 is 2.79 bits per heavy atom. The minimum atomic E-state index is 0.0220. The van der Waals surface area contributed by atoms with Gasteiger partial charge in [0.25, 0.3) is 0 Å². The molecule has 106 valence electrons. The third-order valence-corrected chi connectivity index (χ3v) is 4.35. The van der Waals surface area contributed by atoms with Gasteiger partial charge in [-0.2, -0.15) is 0 Å². The van der Waals surface area contributed by atoms with Gasteiger partial charge in [-0.25, -0.2) is 0 Å². The van der Waals surface area contributed by atoms with Crippen LogP contribution >= 0.6 is 0 Å². The van der Waals surface area contributed by atoms with Gasteiger partial charge in [-0.05, 0) is 38.2 Å². The van der Waals surface area contributed by atoms with Crippen molar-refractivity contribution < 1.29 is 4.74 Å². The van der Waals surface area contributed by atoms with Crippen molar-refractivity contribution in [3.63, 3.8) is 0 Å². The first-order valence-electron chi connectivity index (χ1n) is 7.24. The molecule has 3 heteroatoms. The summed E-state index contributed by atoms with van der Waals surface area (Å²) in [7, 11) is 1.80. The summed E-state index contributed by atoms with van der Waals surface area (Å²) < 4.78 is 5.54. The summed E-state index contributed by atoms with van der Waals surface area (Å²) in [5, 5.41) is 3.76. The minimum Gasteiger partial charge on any atom is -0.381 e. The van der Waals surface area contributed by atoms with Crippen LogP contribution in [0.2, 0.25) is 0 Å². The van der Waals surface area contributed by atoms with Crippen LogP contribution in [0.5, 0.6) is 0 Å². The Hall–Kier alpha value is -0.900. The van der Waals surface area contributed by atoms with Crippen LogP contribution in [0.3, 0.4) is 0 Å². The fraction of sp³-hybridized carbons (Fsp3) is 0.625. The Morgan fingerprint density at radius 1 is 1.42 bits per heavy atom. The van der Waals surface area contributed by atoms with Gasteiger partial charge in [0.05, 0.1) is 6.10 Å². The predicted octanol–water partition coefficient (Wildman–Crippen LogP) is 2.62. The molecule has 1 aromatic carbocycles. The number of hydrogen-bond donors (Lipinski definition) is 2. The van der Waals surface area contributed by atoms with Crippen LogP contribution in [0.25, 0.3) is 0 Å². The zero-order valence-corrected chi connectivity index (χ0v) is 12.1. The largest absolute Gasteiger partial charge is 0.381 e. The fourth-order valence-corrected chi connectivity index (χ4v) is 3.17. The summed E-state index contributed by atoms with van der Waals surface area (Å²) in [6.45, 7) is 2.88. The second-order valence-electron chi connectivity index (χ2n) is 5.72. The van der Waals surface area contributed by atoms with E-state index in [1.807, 2.05) is 0 Å². The molecule has 2 rings (SSSR count). The van der Waals surface area contributed by atoms with Crippen LogP contribution in [-0.4, -0.2) is 25.3 Å². The molecule has 0 amide bonds. The maximum absolute atomic E-state index is 6.06. The third-order valence-electron chi connectivity index (χ3n) is 4.35. The minimum absolute atomic E-state index is 0.0220. The quantitative estimate of drug-likeness (QED) is 0.857. The smallest absolute Gasteiger partial charge is 0.0589 e. The molecule has 1 aliphatic rings. The van der Waals surface area contributed by atoms with Crippen LogP contribution in [0, 0.1) is 0 Å². The van der Waals surface area contributed by atoms with E-state index >= 15 is 0 Å². The molecule has 3 nitrogen and oxygen atoms in total. The van der Waals surface area contributed by atoms with E-state index in [1.165, 1.54) is 12.0 Å². The molecule has 3 unspecified atom stereocenters. The highest BCUT2D eigenvalue weighted by Crippen LogP contribution is 2.31. The molecule has 0 spiro atoms. The number of hydrogen-bond acceptors (Lipinski definition) is 3. The van der Waals surface area contributed by atoms with E-state index in [0.29, 0.717) is 18.7 Å². The molecule has 0 heterocycles. The van der Waals surface area contributed by atoms with Crippen molar-refractivity contribution >= 4 is 0 Å². The second-order valence-corrected chi connectivity index (χ2v) is 5.72. The molecule has 0 radical (unpaired) electrons.